The van der Waals surface area contributed by atoms with Gasteiger partial charge < -0.3 is 8.82 Å². The van der Waals surface area contributed by atoms with Crippen molar-refractivity contribution in [2.75, 3.05) is 0 Å². The highest BCUT2D eigenvalue weighted by Crippen LogP contribution is 2.44. The predicted octanol–water partition coefficient (Wildman–Crippen LogP) is 9.67. The Hall–Kier alpha value is -4.34. The number of thiophene rings is 1. The minimum atomic E-state index is 0.933. The molecule has 0 N–H and O–H groups in total. The van der Waals surface area contributed by atoms with Gasteiger partial charge >= 0.3 is 0 Å². The van der Waals surface area contributed by atoms with Gasteiger partial charge in [0, 0.05) is 58.7 Å². The van der Waals surface area contributed by atoms with E-state index in [-0.39, 0.29) is 0 Å². The average molecular weight is 464 g/mol. The second-order valence-electron chi connectivity index (χ2n) is 9.36. The van der Waals surface area contributed by atoms with Gasteiger partial charge in [-0.05, 0) is 41.8 Å². The Labute approximate surface area is 203 Å². The van der Waals surface area contributed by atoms with Crippen LogP contribution in [0.4, 0.5) is 0 Å². The maximum atomic E-state index is 6.57. The highest BCUT2D eigenvalue weighted by Gasteiger charge is 2.19. The molecule has 0 aliphatic carbocycles. The highest BCUT2D eigenvalue weighted by molar-refractivity contribution is 7.25. The molecule has 0 unspecified atom stereocenters. The molecule has 0 atom stereocenters. The Kier molecular flexibility index (Phi) is 3.20. The number of aromatic nitrogens is 1. The van der Waals surface area contributed by atoms with Gasteiger partial charge in [0.05, 0.1) is 11.0 Å². The molecule has 3 heteroatoms. The van der Waals surface area contributed by atoms with Crippen LogP contribution in [0.5, 0.6) is 0 Å². The Balaban J connectivity index is 1.64. The maximum Gasteiger partial charge on any atom is 0.145 e. The summed E-state index contributed by atoms with van der Waals surface area (Å²) in [5.74, 6) is 0. The summed E-state index contributed by atoms with van der Waals surface area (Å²) in [4.78, 5) is 0. The van der Waals surface area contributed by atoms with Crippen LogP contribution < -0.4 is 0 Å². The van der Waals surface area contributed by atoms with E-state index in [0.29, 0.717) is 0 Å². The number of nitrogens with zero attached hydrogens (tertiary/aromatic N) is 1. The summed E-state index contributed by atoms with van der Waals surface area (Å²) in [7, 11) is 0. The summed E-state index contributed by atoms with van der Waals surface area (Å²) < 4.78 is 11.6. The van der Waals surface area contributed by atoms with E-state index in [4.69, 9.17) is 4.42 Å². The van der Waals surface area contributed by atoms with Gasteiger partial charge in [0.2, 0.25) is 0 Å². The Bertz CT molecular complexity index is 2330. The third-order valence-corrected chi connectivity index (χ3v) is 8.68. The first kappa shape index (κ1) is 18.0. The molecule has 4 heterocycles. The summed E-state index contributed by atoms with van der Waals surface area (Å²) in [6.07, 6.45) is 2.27. The lowest BCUT2D eigenvalue weighted by Gasteiger charge is -2.11. The molecule has 0 amide bonds. The van der Waals surface area contributed by atoms with Crippen molar-refractivity contribution in [1.82, 2.24) is 4.40 Å². The lowest BCUT2D eigenvalue weighted by molar-refractivity contribution is 0.673. The van der Waals surface area contributed by atoms with Crippen LogP contribution in [0.25, 0.3) is 80.1 Å². The molecule has 35 heavy (non-hydrogen) atoms. The van der Waals surface area contributed by atoms with Crippen LogP contribution in [0.15, 0.2) is 108 Å². The lowest BCUT2D eigenvalue weighted by Crippen LogP contribution is -1.90. The van der Waals surface area contributed by atoms with E-state index in [1.165, 1.54) is 63.5 Å². The largest absolute Gasteiger partial charge is 0.455 e. The normalized spacial score (nSPS) is 12.6. The molecule has 0 aliphatic rings. The molecule has 9 rings (SSSR count). The summed E-state index contributed by atoms with van der Waals surface area (Å²) in [6.45, 7) is 0. The summed E-state index contributed by atoms with van der Waals surface area (Å²) in [6, 6.07) is 35.1. The van der Waals surface area contributed by atoms with Gasteiger partial charge in [0.1, 0.15) is 11.2 Å². The number of benzene rings is 5. The molecule has 2 nitrogen and oxygen atoms in total. The third-order valence-electron chi connectivity index (χ3n) is 7.55. The van der Waals surface area contributed by atoms with Gasteiger partial charge in [-0.2, -0.15) is 0 Å². The minimum absolute atomic E-state index is 0.933. The molecular weight excluding hydrogens is 446 g/mol. The van der Waals surface area contributed by atoms with Crippen molar-refractivity contribution in [2.45, 2.75) is 0 Å². The van der Waals surface area contributed by atoms with Gasteiger partial charge in [0.15, 0.2) is 0 Å². The Morgan fingerprint density at radius 1 is 0.571 bits per heavy atom. The quantitative estimate of drug-likeness (QED) is 0.205. The van der Waals surface area contributed by atoms with E-state index in [0.717, 1.165) is 16.6 Å². The molecule has 0 saturated heterocycles. The van der Waals surface area contributed by atoms with E-state index < -0.39 is 0 Å². The lowest BCUT2D eigenvalue weighted by atomic mass is 9.99. The fourth-order valence-electron chi connectivity index (χ4n) is 6.04. The second-order valence-corrected chi connectivity index (χ2v) is 10.4. The van der Waals surface area contributed by atoms with Crippen LogP contribution in [-0.2, 0) is 0 Å². The highest BCUT2D eigenvalue weighted by atomic mass is 32.1. The van der Waals surface area contributed by atoms with E-state index in [1.54, 1.807) is 0 Å². The van der Waals surface area contributed by atoms with Gasteiger partial charge in [-0.25, -0.2) is 0 Å². The van der Waals surface area contributed by atoms with Crippen LogP contribution in [0.1, 0.15) is 0 Å². The van der Waals surface area contributed by atoms with E-state index in [1.807, 2.05) is 17.4 Å². The van der Waals surface area contributed by atoms with Crippen molar-refractivity contribution in [1.29, 1.82) is 0 Å². The number of pyridine rings is 1. The third kappa shape index (κ3) is 2.20. The fourth-order valence-corrected chi connectivity index (χ4v) is 7.16. The molecular formula is C32H17NOS. The zero-order chi connectivity index (χ0) is 22.7. The van der Waals surface area contributed by atoms with Crippen LogP contribution in [0.2, 0.25) is 0 Å². The molecule has 5 aromatic carbocycles. The Morgan fingerprint density at radius 3 is 2.31 bits per heavy atom. The first-order valence-electron chi connectivity index (χ1n) is 11.9. The molecule has 0 saturated carbocycles. The van der Waals surface area contributed by atoms with E-state index in [9.17, 15) is 0 Å². The fraction of sp³-hybridized carbons (Fsp3) is 0. The smallest absolute Gasteiger partial charge is 0.145 e. The van der Waals surface area contributed by atoms with Gasteiger partial charge in [-0.3, -0.25) is 0 Å². The Morgan fingerprint density at radius 2 is 1.37 bits per heavy atom. The SMILES string of the molecule is c1ccc2c(c1)cn1c3ccc4c5ccccc5oc4c3c3cc4c(cc3c21)sc1ccccc14. The molecule has 0 aliphatic heterocycles. The maximum absolute atomic E-state index is 6.57. The van der Waals surface area contributed by atoms with Crippen molar-refractivity contribution in [3.8, 4) is 0 Å². The van der Waals surface area contributed by atoms with Crippen LogP contribution in [0, 0.1) is 0 Å². The molecule has 9 aromatic rings. The van der Waals surface area contributed by atoms with Gasteiger partial charge in [0.25, 0.3) is 0 Å². The zero-order valence-corrected chi connectivity index (χ0v) is 19.4. The van der Waals surface area contributed by atoms with Crippen molar-refractivity contribution < 1.29 is 4.42 Å². The van der Waals surface area contributed by atoms with Crippen LogP contribution in [-0.4, -0.2) is 4.40 Å². The number of furan rings is 1. The van der Waals surface area contributed by atoms with Crippen LogP contribution in [0.3, 0.4) is 0 Å². The molecule has 0 spiro atoms. The van der Waals surface area contributed by atoms with Crippen molar-refractivity contribution in [3.05, 3.63) is 103 Å². The summed E-state index contributed by atoms with van der Waals surface area (Å²) >= 11 is 1.87. The standard InChI is InChI=1S/C32H17NOS/c1-2-8-19-18(7-1)17-33-26-14-13-22-20-9-3-5-11-27(20)34-32(22)30(26)24-15-23-21-10-4-6-12-28(21)35-29(23)16-25(24)31(19)33/h1-17H. The first-order valence-corrected chi connectivity index (χ1v) is 12.7. The topological polar surface area (TPSA) is 17.6 Å². The molecule has 0 radical (unpaired) electrons. The van der Waals surface area contributed by atoms with Gasteiger partial charge in [-0.15, -0.1) is 11.3 Å². The molecule has 162 valence electrons. The first-order chi connectivity index (χ1) is 17.3. The number of hydrogen-bond donors (Lipinski definition) is 0. The number of fused-ring (bicyclic) bond motifs is 15. The van der Waals surface area contributed by atoms with E-state index in [2.05, 4.69) is 102 Å². The van der Waals surface area contributed by atoms with E-state index >= 15 is 0 Å². The zero-order valence-electron chi connectivity index (χ0n) is 18.6. The number of hydrogen-bond acceptors (Lipinski definition) is 2. The van der Waals surface area contributed by atoms with Crippen LogP contribution >= 0.6 is 11.3 Å². The minimum Gasteiger partial charge on any atom is -0.455 e. The van der Waals surface area contributed by atoms with Crippen molar-refractivity contribution >= 4 is 91.4 Å². The predicted molar refractivity (Wildman–Crippen MR) is 150 cm³/mol. The summed E-state index contributed by atoms with van der Waals surface area (Å²) in [5.41, 5.74) is 4.34. The van der Waals surface area contributed by atoms with Crippen molar-refractivity contribution in [2.24, 2.45) is 0 Å². The van der Waals surface area contributed by atoms with Crippen molar-refractivity contribution in [3.63, 3.8) is 0 Å². The molecule has 0 bridgehead atoms. The molecule has 0 fully saturated rings. The van der Waals surface area contributed by atoms with Gasteiger partial charge in [-0.1, -0.05) is 60.7 Å². The monoisotopic (exact) mass is 463 g/mol. The number of rotatable bonds is 0. The average Bonchev–Trinajstić information content (AvgIpc) is 3.58. The number of para-hydroxylation sites is 1. The molecule has 4 aromatic heterocycles. The second kappa shape index (κ2) is 6.21. The summed E-state index contributed by atoms with van der Waals surface area (Å²) in [5, 5.41) is 11.2.